The van der Waals surface area contributed by atoms with Gasteiger partial charge in [0.05, 0.1) is 5.56 Å². The van der Waals surface area contributed by atoms with Crippen molar-refractivity contribution < 1.29 is 24.6 Å². The molecule has 1 amide bonds. The zero-order chi connectivity index (χ0) is 18.2. The van der Waals surface area contributed by atoms with Crippen molar-refractivity contribution in [3.8, 4) is 0 Å². The molecule has 0 radical (unpaired) electrons. The Morgan fingerprint density at radius 1 is 1.12 bits per heavy atom. The van der Waals surface area contributed by atoms with E-state index in [9.17, 15) is 14.4 Å². The lowest BCUT2D eigenvalue weighted by Gasteiger charge is -2.41. The first kappa shape index (κ1) is 18.6. The first-order chi connectivity index (χ1) is 12.0. The van der Waals surface area contributed by atoms with E-state index in [0.717, 1.165) is 26.2 Å². The van der Waals surface area contributed by atoms with Crippen LogP contribution in [0.2, 0.25) is 0 Å². The molecule has 2 atom stereocenters. The number of carbonyl (C=O) groups is 3. The molecule has 0 aromatic carbocycles. The quantitative estimate of drug-likeness (QED) is 0.680. The van der Waals surface area contributed by atoms with Crippen LogP contribution >= 0.6 is 0 Å². The van der Waals surface area contributed by atoms with E-state index in [1.165, 1.54) is 6.42 Å². The minimum atomic E-state index is -1.26. The summed E-state index contributed by atoms with van der Waals surface area (Å²) in [5.74, 6) is -1.12. The topological polar surface area (TPSA) is 120 Å². The van der Waals surface area contributed by atoms with Crippen LogP contribution < -0.4 is 5.32 Å². The Bertz CT molecular complexity index is 619. The van der Waals surface area contributed by atoms with Crippen LogP contribution in [-0.2, 0) is 9.59 Å². The summed E-state index contributed by atoms with van der Waals surface area (Å²) in [5.41, 5.74) is 0.709. The number of rotatable bonds is 3. The lowest BCUT2D eigenvalue weighted by atomic mass is 9.85. The molecule has 0 aliphatic carbocycles. The molecule has 2 fully saturated rings. The van der Waals surface area contributed by atoms with Gasteiger partial charge in [0.15, 0.2) is 0 Å². The van der Waals surface area contributed by atoms with Gasteiger partial charge in [-0.2, -0.15) is 0 Å². The highest BCUT2D eigenvalue weighted by molar-refractivity contribution is 5.94. The van der Waals surface area contributed by atoms with Crippen LogP contribution in [0.15, 0.2) is 36.7 Å². The van der Waals surface area contributed by atoms with Crippen molar-refractivity contribution >= 4 is 17.8 Å². The van der Waals surface area contributed by atoms with Gasteiger partial charge in [0.2, 0.25) is 0 Å². The van der Waals surface area contributed by atoms with Gasteiger partial charge in [0.25, 0.3) is 5.91 Å². The highest BCUT2D eigenvalue weighted by atomic mass is 16.4. The minimum Gasteiger partial charge on any atom is -0.478 e. The highest BCUT2D eigenvalue weighted by Crippen LogP contribution is 2.25. The maximum absolute atomic E-state index is 12.3. The molecule has 3 heterocycles. The molecule has 3 N–H and O–H groups in total. The van der Waals surface area contributed by atoms with Crippen LogP contribution in [0.5, 0.6) is 0 Å². The third kappa shape index (κ3) is 6.00. The van der Waals surface area contributed by atoms with E-state index in [4.69, 9.17) is 10.2 Å². The number of likely N-dealkylation sites (tertiary alicyclic amines) is 1. The van der Waals surface area contributed by atoms with Gasteiger partial charge < -0.3 is 20.4 Å². The second-order valence-electron chi connectivity index (χ2n) is 6.09. The molecule has 25 heavy (non-hydrogen) atoms. The van der Waals surface area contributed by atoms with E-state index in [1.54, 1.807) is 12.4 Å². The summed E-state index contributed by atoms with van der Waals surface area (Å²) in [7, 11) is 0. The van der Waals surface area contributed by atoms with Crippen LogP contribution in [0.3, 0.4) is 0 Å². The Kier molecular flexibility index (Phi) is 6.64. The van der Waals surface area contributed by atoms with Crippen molar-refractivity contribution in [1.29, 1.82) is 0 Å². The molecule has 1 aromatic rings. The summed E-state index contributed by atoms with van der Waals surface area (Å²) < 4.78 is 0. The zero-order valence-electron chi connectivity index (χ0n) is 13.7. The van der Waals surface area contributed by atoms with Crippen LogP contribution in [-0.4, -0.2) is 64.1 Å². The summed E-state index contributed by atoms with van der Waals surface area (Å²) in [4.78, 5) is 37.4. The molecule has 8 nitrogen and oxygen atoms in total. The van der Waals surface area contributed by atoms with Gasteiger partial charge in [0, 0.05) is 37.6 Å². The number of hydrogen-bond acceptors (Lipinski definition) is 5. The number of pyridine rings is 1. The van der Waals surface area contributed by atoms with Gasteiger partial charge in [-0.05, 0) is 43.5 Å². The largest absolute Gasteiger partial charge is 0.478 e. The third-order valence-corrected chi connectivity index (χ3v) is 4.05. The van der Waals surface area contributed by atoms with Gasteiger partial charge in [-0.25, -0.2) is 9.59 Å². The first-order valence-corrected chi connectivity index (χ1v) is 7.99. The maximum Gasteiger partial charge on any atom is 0.328 e. The molecule has 2 aliphatic rings. The number of carboxylic acid groups (broad SMARTS) is 2. The Labute approximate surface area is 145 Å². The first-order valence-electron chi connectivity index (χ1n) is 7.99. The van der Waals surface area contributed by atoms with Crippen molar-refractivity contribution in [3.63, 3.8) is 0 Å². The van der Waals surface area contributed by atoms with E-state index >= 15 is 0 Å². The minimum absolute atomic E-state index is 0.134. The molecular formula is C17H21N3O5. The molecule has 2 aliphatic heterocycles. The van der Waals surface area contributed by atoms with Crippen molar-refractivity contribution in [2.45, 2.75) is 6.42 Å². The predicted molar refractivity (Wildman–Crippen MR) is 89.0 cm³/mol. The van der Waals surface area contributed by atoms with Gasteiger partial charge >= 0.3 is 11.9 Å². The standard InChI is InChI=1S/C13H17N3O.C4H4O4/c17-13(12-2-1-3-14-7-12)16-8-10-4-11(9-16)6-15-5-10;5-3(6)1-2-4(7)8/h1-3,7,10-11,15H,4-6,8-9H2;1-2H,(H,5,6)(H,7,8)/b;2-1+/t10-,11+;. The van der Waals surface area contributed by atoms with E-state index in [-0.39, 0.29) is 5.91 Å². The second kappa shape index (κ2) is 8.93. The molecule has 2 bridgehead atoms. The third-order valence-electron chi connectivity index (χ3n) is 4.05. The number of fused-ring (bicyclic) bond motifs is 2. The zero-order valence-corrected chi connectivity index (χ0v) is 13.7. The Morgan fingerprint density at radius 3 is 2.20 bits per heavy atom. The number of carboxylic acids is 2. The van der Waals surface area contributed by atoms with Crippen LogP contribution in [0.1, 0.15) is 16.8 Å². The Hall–Kier alpha value is -2.74. The average Bonchev–Trinajstić information content (AvgIpc) is 2.60. The van der Waals surface area contributed by atoms with Gasteiger partial charge in [-0.1, -0.05) is 0 Å². The van der Waals surface area contributed by atoms with Crippen molar-refractivity contribution in [2.24, 2.45) is 11.8 Å². The van der Waals surface area contributed by atoms with E-state index in [2.05, 4.69) is 10.3 Å². The van der Waals surface area contributed by atoms with E-state index in [1.807, 2.05) is 17.0 Å². The molecule has 0 spiro atoms. The second-order valence-corrected chi connectivity index (χ2v) is 6.09. The molecular weight excluding hydrogens is 326 g/mol. The van der Waals surface area contributed by atoms with Gasteiger partial charge in [0.1, 0.15) is 0 Å². The number of nitrogens with zero attached hydrogens (tertiary/aromatic N) is 2. The Morgan fingerprint density at radius 2 is 1.72 bits per heavy atom. The maximum atomic E-state index is 12.3. The lowest BCUT2D eigenvalue weighted by molar-refractivity contribution is -0.134. The number of nitrogens with one attached hydrogen (secondary N) is 1. The number of aromatic nitrogens is 1. The highest BCUT2D eigenvalue weighted by Gasteiger charge is 2.32. The normalized spacial score (nSPS) is 22.0. The predicted octanol–water partition coefficient (Wildman–Crippen LogP) is 0.475. The fourth-order valence-corrected chi connectivity index (χ4v) is 3.09. The van der Waals surface area contributed by atoms with Gasteiger partial charge in [-0.3, -0.25) is 9.78 Å². The molecule has 0 saturated carbocycles. The summed E-state index contributed by atoms with van der Waals surface area (Å²) in [6, 6.07) is 3.66. The van der Waals surface area contributed by atoms with Crippen LogP contribution in [0, 0.1) is 11.8 Å². The summed E-state index contributed by atoms with van der Waals surface area (Å²) >= 11 is 0. The fraction of sp³-hybridized carbons (Fsp3) is 0.412. The monoisotopic (exact) mass is 347 g/mol. The number of piperidine rings is 2. The number of amides is 1. The molecule has 1 aromatic heterocycles. The summed E-state index contributed by atoms with van der Waals surface area (Å²) in [6.07, 6.45) is 5.74. The average molecular weight is 347 g/mol. The smallest absolute Gasteiger partial charge is 0.328 e. The Balaban J connectivity index is 0.000000242. The molecule has 3 rings (SSSR count). The number of carbonyl (C=O) groups excluding carboxylic acids is 1. The molecule has 0 unspecified atom stereocenters. The number of aliphatic carboxylic acids is 2. The van der Waals surface area contributed by atoms with E-state index < -0.39 is 11.9 Å². The van der Waals surface area contributed by atoms with Crippen LogP contribution in [0.4, 0.5) is 0 Å². The van der Waals surface area contributed by atoms with E-state index in [0.29, 0.717) is 29.6 Å². The van der Waals surface area contributed by atoms with Crippen molar-refractivity contribution in [3.05, 3.63) is 42.2 Å². The lowest BCUT2D eigenvalue weighted by Crippen LogP contribution is -2.52. The summed E-state index contributed by atoms with van der Waals surface area (Å²) in [5, 5.41) is 19.1. The fourth-order valence-electron chi connectivity index (χ4n) is 3.09. The molecule has 2 saturated heterocycles. The van der Waals surface area contributed by atoms with Gasteiger partial charge in [-0.15, -0.1) is 0 Å². The molecule has 134 valence electrons. The van der Waals surface area contributed by atoms with Crippen molar-refractivity contribution in [1.82, 2.24) is 15.2 Å². The van der Waals surface area contributed by atoms with Crippen molar-refractivity contribution in [2.75, 3.05) is 26.2 Å². The summed E-state index contributed by atoms with van der Waals surface area (Å²) in [6.45, 7) is 3.87. The number of hydrogen-bond donors (Lipinski definition) is 3. The van der Waals surface area contributed by atoms with Crippen LogP contribution in [0.25, 0.3) is 0 Å². The SMILES string of the molecule is O=C(O)/C=C/C(=O)O.O=C(c1cccnc1)N1C[C@@H]2CNC[C@@H](C2)C1. The molecule has 8 heteroatoms.